The van der Waals surface area contributed by atoms with Crippen molar-refractivity contribution in [1.82, 2.24) is 0 Å². The zero-order valence-electron chi connectivity index (χ0n) is 18.6. The first-order chi connectivity index (χ1) is 14.9. The molecular formula is C26H39O3P. The SMILES string of the molecule is CCCCCCCCCCCCCCOP(Oc1ccccc1)Oc1ccccc1. The van der Waals surface area contributed by atoms with Crippen molar-refractivity contribution in [1.29, 1.82) is 0 Å². The molecule has 0 radical (unpaired) electrons. The number of para-hydroxylation sites is 2. The Morgan fingerprint density at radius 1 is 0.533 bits per heavy atom. The summed E-state index contributed by atoms with van der Waals surface area (Å²) in [6.45, 7) is 2.95. The highest BCUT2D eigenvalue weighted by Crippen LogP contribution is 2.41. The molecule has 0 aliphatic carbocycles. The van der Waals surface area contributed by atoms with Gasteiger partial charge in [-0.2, -0.15) is 0 Å². The first-order valence-corrected chi connectivity index (χ1v) is 12.9. The summed E-state index contributed by atoms with van der Waals surface area (Å²) >= 11 is 0. The molecule has 30 heavy (non-hydrogen) atoms. The number of unbranched alkanes of at least 4 members (excludes halogenated alkanes) is 11. The number of hydrogen-bond donors (Lipinski definition) is 0. The predicted octanol–water partition coefficient (Wildman–Crippen LogP) is 9.09. The van der Waals surface area contributed by atoms with Crippen molar-refractivity contribution in [2.24, 2.45) is 0 Å². The maximum absolute atomic E-state index is 5.96. The van der Waals surface area contributed by atoms with Crippen LogP contribution in [0.2, 0.25) is 0 Å². The van der Waals surface area contributed by atoms with Crippen molar-refractivity contribution in [2.45, 2.75) is 84.0 Å². The van der Waals surface area contributed by atoms with Crippen LogP contribution < -0.4 is 9.05 Å². The fourth-order valence-electron chi connectivity index (χ4n) is 3.29. The summed E-state index contributed by atoms with van der Waals surface area (Å²) in [7, 11) is -1.45. The first-order valence-electron chi connectivity index (χ1n) is 11.8. The van der Waals surface area contributed by atoms with E-state index in [1.165, 1.54) is 70.6 Å². The Labute approximate surface area is 185 Å². The lowest BCUT2D eigenvalue weighted by Crippen LogP contribution is -2.01. The lowest BCUT2D eigenvalue weighted by atomic mass is 10.1. The molecule has 0 fully saturated rings. The van der Waals surface area contributed by atoms with Crippen LogP contribution in [0.5, 0.6) is 11.5 Å². The molecule has 166 valence electrons. The molecule has 2 aromatic rings. The highest BCUT2D eigenvalue weighted by Gasteiger charge is 2.16. The Hall–Kier alpha value is -1.57. The van der Waals surface area contributed by atoms with E-state index in [1.54, 1.807) is 0 Å². The van der Waals surface area contributed by atoms with Crippen LogP contribution in [0, 0.1) is 0 Å². The van der Waals surface area contributed by atoms with Gasteiger partial charge in [0.15, 0.2) is 0 Å². The predicted molar refractivity (Wildman–Crippen MR) is 128 cm³/mol. The molecule has 0 amide bonds. The molecule has 0 aliphatic rings. The number of benzene rings is 2. The molecule has 3 nitrogen and oxygen atoms in total. The summed E-state index contributed by atoms with van der Waals surface area (Å²) in [6.07, 6.45) is 16.0. The van der Waals surface area contributed by atoms with Gasteiger partial charge in [0.05, 0.1) is 6.61 Å². The summed E-state index contributed by atoms with van der Waals surface area (Å²) in [5.74, 6) is 1.54. The van der Waals surface area contributed by atoms with Crippen LogP contribution in [0.25, 0.3) is 0 Å². The van der Waals surface area contributed by atoms with E-state index in [0.29, 0.717) is 6.61 Å². The summed E-state index contributed by atoms with van der Waals surface area (Å²) in [5, 5.41) is 0. The van der Waals surface area contributed by atoms with Gasteiger partial charge in [-0.05, 0) is 30.7 Å². The van der Waals surface area contributed by atoms with Gasteiger partial charge in [-0.3, -0.25) is 4.52 Å². The van der Waals surface area contributed by atoms with E-state index in [-0.39, 0.29) is 0 Å². The van der Waals surface area contributed by atoms with Crippen LogP contribution in [0.1, 0.15) is 84.0 Å². The number of hydrogen-bond acceptors (Lipinski definition) is 3. The van der Waals surface area contributed by atoms with Crippen molar-refractivity contribution < 1.29 is 13.6 Å². The Morgan fingerprint density at radius 3 is 1.37 bits per heavy atom. The van der Waals surface area contributed by atoms with Crippen LogP contribution >= 0.6 is 8.60 Å². The van der Waals surface area contributed by atoms with E-state index >= 15 is 0 Å². The van der Waals surface area contributed by atoms with Gasteiger partial charge in [0.2, 0.25) is 0 Å². The summed E-state index contributed by atoms with van der Waals surface area (Å²) in [4.78, 5) is 0. The third-order valence-electron chi connectivity index (χ3n) is 5.04. The molecule has 0 aliphatic heterocycles. The average molecular weight is 431 g/mol. The van der Waals surface area contributed by atoms with Gasteiger partial charge in [0.25, 0.3) is 0 Å². The highest BCUT2D eigenvalue weighted by molar-refractivity contribution is 7.42. The molecule has 0 N–H and O–H groups in total. The molecule has 0 spiro atoms. The Bertz CT molecular complexity index is 579. The van der Waals surface area contributed by atoms with Gasteiger partial charge in [-0.25, -0.2) is 0 Å². The minimum atomic E-state index is -1.45. The Balaban J connectivity index is 1.55. The van der Waals surface area contributed by atoms with E-state index in [2.05, 4.69) is 6.92 Å². The highest BCUT2D eigenvalue weighted by atomic mass is 31.2. The molecule has 0 saturated heterocycles. The van der Waals surface area contributed by atoms with E-state index in [1.807, 2.05) is 60.7 Å². The van der Waals surface area contributed by atoms with E-state index in [4.69, 9.17) is 13.6 Å². The Kier molecular flexibility index (Phi) is 14.1. The van der Waals surface area contributed by atoms with Crippen molar-refractivity contribution in [3.05, 3.63) is 60.7 Å². The minimum absolute atomic E-state index is 0.669. The van der Waals surface area contributed by atoms with Gasteiger partial charge in [-0.1, -0.05) is 114 Å². The van der Waals surface area contributed by atoms with Gasteiger partial charge < -0.3 is 9.05 Å². The average Bonchev–Trinajstić information content (AvgIpc) is 2.78. The molecule has 0 atom stereocenters. The van der Waals surface area contributed by atoms with E-state index in [9.17, 15) is 0 Å². The van der Waals surface area contributed by atoms with Crippen molar-refractivity contribution >= 4 is 8.60 Å². The van der Waals surface area contributed by atoms with Gasteiger partial charge in [0.1, 0.15) is 11.5 Å². The standard InChI is InChI=1S/C26H39O3P/c1-2-3-4-5-6-7-8-9-10-11-12-19-24-27-30(28-25-20-15-13-16-21-25)29-26-22-17-14-18-23-26/h13-18,20-23H,2-12,19,24H2,1H3. The van der Waals surface area contributed by atoms with Gasteiger partial charge in [-0.15, -0.1) is 0 Å². The van der Waals surface area contributed by atoms with Crippen LogP contribution in [-0.2, 0) is 4.52 Å². The maximum atomic E-state index is 5.96. The summed E-state index contributed by atoms with van der Waals surface area (Å²) < 4.78 is 17.9. The third-order valence-corrected chi connectivity index (χ3v) is 6.15. The van der Waals surface area contributed by atoms with Crippen LogP contribution in [-0.4, -0.2) is 6.61 Å². The molecule has 2 aromatic carbocycles. The van der Waals surface area contributed by atoms with E-state index in [0.717, 1.165) is 17.9 Å². The minimum Gasteiger partial charge on any atom is -0.418 e. The van der Waals surface area contributed by atoms with Crippen LogP contribution in [0.3, 0.4) is 0 Å². The zero-order chi connectivity index (χ0) is 21.1. The topological polar surface area (TPSA) is 27.7 Å². The number of rotatable bonds is 18. The lowest BCUT2D eigenvalue weighted by Gasteiger charge is -2.17. The van der Waals surface area contributed by atoms with Gasteiger partial charge >= 0.3 is 8.60 Å². The van der Waals surface area contributed by atoms with Crippen LogP contribution in [0.15, 0.2) is 60.7 Å². The van der Waals surface area contributed by atoms with E-state index < -0.39 is 8.60 Å². The molecule has 0 saturated carbocycles. The second-order valence-corrected chi connectivity index (χ2v) is 8.83. The molecule has 0 unspecified atom stereocenters. The second kappa shape index (κ2) is 17.1. The molecule has 0 aromatic heterocycles. The quantitative estimate of drug-likeness (QED) is 0.174. The largest absolute Gasteiger partial charge is 0.463 e. The molecule has 4 heteroatoms. The fraction of sp³-hybridized carbons (Fsp3) is 0.538. The summed E-state index contributed by atoms with van der Waals surface area (Å²) in [6, 6.07) is 19.5. The molecule has 2 rings (SSSR count). The maximum Gasteiger partial charge on any atom is 0.463 e. The van der Waals surface area contributed by atoms with Crippen molar-refractivity contribution in [3.8, 4) is 11.5 Å². The lowest BCUT2D eigenvalue weighted by molar-refractivity contribution is 0.258. The monoisotopic (exact) mass is 430 g/mol. The van der Waals surface area contributed by atoms with Crippen molar-refractivity contribution in [2.75, 3.05) is 6.61 Å². The second-order valence-electron chi connectivity index (χ2n) is 7.75. The Morgan fingerprint density at radius 2 is 0.933 bits per heavy atom. The molecule has 0 bridgehead atoms. The fourth-order valence-corrected chi connectivity index (χ4v) is 4.30. The third kappa shape index (κ3) is 12.2. The van der Waals surface area contributed by atoms with Crippen molar-refractivity contribution in [3.63, 3.8) is 0 Å². The van der Waals surface area contributed by atoms with Crippen LogP contribution in [0.4, 0.5) is 0 Å². The smallest absolute Gasteiger partial charge is 0.418 e. The van der Waals surface area contributed by atoms with Gasteiger partial charge in [0, 0.05) is 0 Å². The zero-order valence-corrected chi connectivity index (χ0v) is 19.5. The summed E-state index contributed by atoms with van der Waals surface area (Å²) in [5.41, 5.74) is 0. The molecule has 0 heterocycles. The molecular weight excluding hydrogens is 391 g/mol. The first kappa shape index (κ1) is 24.7. The normalized spacial score (nSPS) is 11.0.